The summed E-state index contributed by atoms with van der Waals surface area (Å²) >= 11 is 0. The van der Waals surface area contributed by atoms with Crippen LogP contribution in [0.1, 0.15) is 58.5 Å². The van der Waals surface area contributed by atoms with Crippen molar-refractivity contribution in [1.82, 2.24) is 19.8 Å². The number of carbonyl (C=O) groups is 2. The summed E-state index contributed by atoms with van der Waals surface area (Å²) in [6, 6.07) is 12.6. The lowest BCUT2D eigenvalue weighted by atomic mass is 9.69. The Morgan fingerprint density at radius 1 is 1.06 bits per heavy atom. The number of rotatable bonds is 5. The lowest BCUT2D eigenvalue weighted by Gasteiger charge is -2.38. The maximum Gasteiger partial charge on any atom is 0.274 e. The summed E-state index contributed by atoms with van der Waals surface area (Å²) in [5.74, 6) is -0.0833. The highest BCUT2D eigenvalue weighted by atomic mass is 16.5. The molecule has 1 aliphatic carbocycles. The first-order valence-corrected chi connectivity index (χ1v) is 12.0. The number of phenolic OH excluding ortho intramolecular Hbond substituents is 1. The van der Waals surface area contributed by atoms with Crippen molar-refractivity contribution >= 4 is 17.3 Å². The van der Waals surface area contributed by atoms with Gasteiger partial charge in [0.15, 0.2) is 5.69 Å². The molecule has 0 bridgehead atoms. The number of benzene rings is 1. The SMILES string of the molecule is O=C(NCC1(c2ccc(O)cc2)CCCCC1)c1cccn2nc(C(=O)N3CCOCC3)cc12. The number of aromatic hydroxyl groups is 1. The topological polar surface area (TPSA) is 96.2 Å². The van der Waals surface area contributed by atoms with E-state index in [-0.39, 0.29) is 23.0 Å². The standard InChI is InChI=1S/C26H30N4O4/c31-20-8-6-19(7-9-20)26(10-2-1-3-11-26)18-27-24(32)21-5-4-12-30-23(21)17-22(28-30)25(33)29-13-15-34-16-14-29/h4-9,12,17,31H,1-3,10-11,13-16,18H2,(H,27,32). The van der Waals surface area contributed by atoms with Crippen molar-refractivity contribution in [2.24, 2.45) is 0 Å². The van der Waals surface area contributed by atoms with Gasteiger partial charge in [0.05, 0.1) is 24.3 Å². The Morgan fingerprint density at radius 2 is 1.79 bits per heavy atom. The van der Waals surface area contributed by atoms with Crippen LogP contribution in [-0.4, -0.2) is 64.3 Å². The van der Waals surface area contributed by atoms with Gasteiger partial charge in [0.1, 0.15) is 5.75 Å². The Bertz CT molecular complexity index is 1180. The van der Waals surface area contributed by atoms with Crippen LogP contribution >= 0.6 is 0 Å². The number of hydrogen-bond donors (Lipinski definition) is 2. The highest BCUT2D eigenvalue weighted by Crippen LogP contribution is 2.39. The van der Waals surface area contributed by atoms with Crippen LogP contribution in [0.4, 0.5) is 0 Å². The molecule has 2 N–H and O–H groups in total. The van der Waals surface area contributed by atoms with Crippen molar-refractivity contribution < 1.29 is 19.4 Å². The van der Waals surface area contributed by atoms with Crippen LogP contribution < -0.4 is 5.32 Å². The van der Waals surface area contributed by atoms with Crippen LogP contribution in [0, 0.1) is 0 Å². The highest BCUT2D eigenvalue weighted by Gasteiger charge is 2.34. The van der Waals surface area contributed by atoms with Crippen LogP contribution in [-0.2, 0) is 10.2 Å². The molecule has 2 aromatic heterocycles. The molecule has 1 saturated heterocycles. The zero-order valence-electron chi connectivity index (χ0n) is 19.2. The van der Waals surface area contributed by atoms with Crippen LogP contribution in [0.25, 0.3) is 5.52 Å². The Morgan fingerprint density at radius 3 is 2.53 bits per heavy atom. The van der Waals surface area contributed by atoms with Crippen LogP contribution in [0.2, 0.25) is 0 Å². The predicted octanol–water partition coefficient (Wildman–Crippen LogP) is 3.14. The number of phenols is 1. The first kappa shape index (κ1) is 22.4. The second-order valence-electron chi connectivity index (χ2n) is 9.26. The molecule has 3 aromatic rings. The zero-order chi connectivity index (χ0) is 23.5. The van der Waals surface area contributed by atoms with Crippen molar-refractivity contribution in [3.63, 3.8) is 0 Å². The number of aromatic nitrogens is 2. The molecule has 3 heterocycles. The predicted molar refractivity (Wildman–Crippen MR) is 127 cm³/mol. The van der Waals surface area contributed by atoms with E-state index in [1.165, 1.54) is 6.42 Å². The van der Waals surface area contributed by atoms with E-state index in [0.29, 0.717) is 49.6 Å². The van der Waals surface area contributed by atoms with Crippen molar-refractivity contribution in [3.8, 4) is 5.75 Å². The molecule has 8 nitrogen and oxygen atoms in total. The van der Waals surface area contributed by atoms with Gasteiger partial charge in [-0.1, -0.05) is 31.4 Å². The second kappa shape index (κ2) is 9.46. The third-order valence-corrected chi connectivity index (χ3v) is 7.14. The molecule has 0 unspecified atom stereocenters. The van der Waals surface area contributed by atoms with E-state index in [0.717, 1.165) is 31.2 Å². The van der Waals surface area contributed by atoms with E-state index >= 15 is 0 Å². The fourth-order valence-electron chi connectivity index (χ4n) is 5.20. The van der Waals surface area contributed by atoms with E-state index in [9.17, 15) is 14.7 Å². The zero-order valence-corrected chi connectivity index (χ0v) is 19.2. The summed E-state index contributed by atoms with van der Waals surface area (Å²) in [5, 5.41) is 17.3. The van der Waals surface area contributed by atoms with Crippen molar-refractivity contribution in [1.29, 1.82) is 0 Å². The molecule has 1 aliphatic heterocycles. The van der Waals surface area contributed by atoms with Crippen molar-refractivity contribution in [2.45, 2.75) is 37.5 Å². The van der Waals surface area contributed by atoms with E-state index in [1.54, 1.807) is 45.9 Å². The van der Waals surface area contributed by atoms with E-state index in [2.05, 4.69) is 10.4 Å². The Labute approximate surface area is 198 Å². The van der Waals surface area contributed by atoms with Gasteiger partial charge < -0.3 is 20.1 Å². The van der Waals surface area contributed by atoms with Gasteiger partial charge in [0.2, 0.25) is 0 Å². The van der Waals surface area contributed by atoms with Gasteiger partial charge in [-0.2, -0.15) is 5.10 Å². The fourth-order valence-corrected chi connectivity index (χ4v) is 5.20. The molecule has 2 fully saturated rings. The lowest BCUT2D eigenvalue weighted by Crippen LogP contribution is -2.42. The number of ether oxygens (including phenoxy) is 1. The van der Waals surface area contributed by atoms with Gasteiger partial charge in [0.25, 0.3) is 11.8 Å². The number of nitrogens with one attached hydrogen (secondary N) is 1. The van der Waals surface area contributed by atoms with Gasteiger partial charge in [-0.05, 0) is 48.7 Å². The molecule has 1 saturated carbocycles. The molecule has 0 atom stereocenters. The highest BCUT2D eigenvalue weighted by molar-refractivity contribution is 6.02. The molecule has 0 radical (unpaired) electrons. The van der Waals surface area contributed by atoms with Crippen LogP contribution in [0.5, 0.6) is 5.75 Å². The Balaban J connectivity index is 1.37. The molecule has 8 heteroatoms. The lowest BCUT2D eigenvalue weighted by molar-refractivity contribution is 0.0299. The smallest absolute Gasteiger partial charge is 0.274 e. The number of hydrogen-bond acceptors (Lipinski definition) is 5. The van der Waals surface area contributed by atoms with Crippen molar-refractivity contribution in [2.75, 3.05) is 32.8 Å². The minimum atomic E-state index is -0.181. The summed E-state index contributed by atoms with van der Waals surface area (Å²) < 4.78 is 6.93. The molecule has 5 rings (SSSR count). The third kappa shape index (κ3) is 4.37. The van der Waals surface area contributed by atoms with Gasteiger partial charge in [-0.25, -0.2) is 4.52 Å². The summed E-state index contributed by atoms with van der Waals surface area (Å²) in [7, 11) is 0. The summed E-state index contributed by atoms with van der Waals surface area (Å²) in [4.78, 5) is 27.9. The van der Waals surface area contributed by atoms with Gasteiger partial charge in [-0.15, -0.1) is 0 Å². The molecular formula is C26H30N4O4. The number of fused-ring (bicyclic) bond motifs is 1. The Kier molecular flexibility index (Phi) is 6.24. The average Bonchev–Trinajstić information content (AvgIpc) is 3.33. The molecule has 34 heavy (non-hydrogen) atoms. The van der Waals surface area contributed by atoms with Gasteiger partial charge in [-0.3, -0.25) is 9.59 Å². The maximum absolute atomic E-state index is 13.3. The molecule has 178 valence electrons. The molecule has 0 spiro atoms. The first-order chi connectivity index (χ1) is 16.6. The van der Waals surface area contributed by atoms with E-state index in [4.69, 9.17) is 4.74 Å². The van der Waals surface area contributed by atoms with E-state index in [1.807, 2.05) is 12.1 Å². The number of amides is 2. The third-order valence-electron chi connectivity index (χ3n) is 7.14. The van der Waals surface area contributed by atoms with E-state index < -0.39 is 0 Å². The van der Waals surface area contributed by atoms with Crippen molar-refractivity contribution in [3.05, 3.63) is 65.5 Å². The summed E-state index contributed by atoms with van der Waals surface area (Å²) in [6.45, 7) is 2.65. The number of carbonyl (C=O) groups excluding carboxylic acids is 2. The maximum atomic E-state index is 13.3. The monoisotopic (exact) mass is 462 g/mol. The second-order valence-corrected chi connectivity index (χ2v) is 9.26. The number of pyridine rings is 1. The van der Waals surface area contributed by atoms with Crippen LogP contribution in [0.15, 0.2) is 48.7 Å². The molecule has 2 amide bonds. The minimum Gasteiger partial charge on any atom is -0.508 e. The fraction of sp³-hybridized carbons (Fsp3) is 0.423. The Hall–Kier alpha value is -3.39. The number of nitrogens with zero attached hydrogens (tertiary/aromatic N) is 3. The minimum absolute atomic E-state index is 0.146. The first-order valence-electron chi connectivity index (χ1n) is 12.0. The summed E-state index contributed by atoms with van der Waals surface area (Å²) in [5.41, 5.74) is 2.43. The normalized spacial score (nSPS) is 18.1. The quantitative estimate of drug-likeness (QED) is 0.607. The largest absolute Gasteiger partial charge is 0.508 e. The molecular weight excluding hydrogens is 432 g/mol. The summed E-state index contributed by atoms with van der Waals surface area (Å²) in [6.07, 6.45) is 7.16. The van der Waals surface area contributed by atoms with Crippen LogP contribution in [0.3, 0.4) is 0 Å². The number of morpholine rings is 1. The van der Waals surface area contributed by atoms with Gasteiger partial charge >= 0.3 is 0 Å². The van der Waals surface area contributed by atoms with Gasteiger partial charge in [0, 0.05) is 31.2 Å². The molecule has 2 aliphatic rings. The molecule has 1 aromatic carbocycles. The average molecular weight is 463 g/mol.